The summed E-state index contributed by atoms with van der Waals surface area (Å²) in [5.41, 5.74) is 2.54. The quantitative estimate of drug-likeness (QED) is 0.876. The molecule has 0 aliphatic heterocycles. The molecule has 0 unspecified atom stereocenters. The van der Waals surface area contributed by atoms with Gasteiger partial charge in [-0.1, -0.05) is 24.3 Å². The molecule has 0 atom stereocenters. The molecular weight excluding hydrogens is 216 g/mol. The predicted octanol–water partition coefficient (Wildman–Crippen LogP) is 2.88. The van der Waals surface area contributed by atoms with E-state index < -0.39 is 0 Å². The van der Waals surface area contributed by atoms with E-state index in [9.17, 15) is 0 Å². The van der Waals surface area contributed by atoms with Crippen molar-refractivity contribution in [3.05, 3.63) is 40.9 Å². The summed E-state index contributed by atoms with van der Waals surface area (Å²) < 4.78 is 0. The van der Waals surface area contributed by atoms with Crippen molar-refractivity contribution in [2.24, 2.45) is 0 Å². The number of hydrogen-bond donors (Lipinski definition) is 1. The van der Waals surface area contributed by atoms with E-state index in [1.807, 2.05) is 13.2 Å². The number of nitrogens with zero attached hydrogens (tertiary/aromatic N) is 1. The summed E-state index contributed by atoms with van der Waals surface area (Å²) in [5.74, 6) is 0. The Bertz CT molecular complexity index is 462. The maximum absolute atomic E-state index is 4.49. The highest BCUT2D eigenvalue weighted by atomic mass is 32.1. The number of aromatic nitrogens is 1. The molecule has 3 heteroatoms. The first-order chi connectivity index (χ1) is 7.81. The standard InChI is InChI=1S/C13H16N2S/c1-10-5-3-4-6-12(10)13-15-9-11(16-13)7-8-14-2/h3-6,9,14H,7-8H2,1-2H3. The van der Waals surface area contributed by atoms with Crippen molar-refractivity contribution in [1.29, 1.82) is 0 Å². The highest BCUT2D eigenvalue weighted by Crippen LogP contribution is 2.27. The average Bonchev–Trinajstić information content (AvgIpc) is 2.75. The van der Waals surface area contributed by atoms with Crippen LogP contribution < -0.4 is 5.32 Å². The number of rotatable bonds is 4. The molecule has 0 amide bonds. The SMILES string of the molecule is CNCCc1cnc(-c2ccccc2C)s1. The van der Waals surface area contributed by atoms with Gasteiger partial charge in [-0.3, -0.25) is 0 Å². The van der Waals surface area contributed by atoms with Gasteiger partial charge in [0.25, 0.3) is 0 Å². The molecule has 0 radical (unpaired) electrons. The molecule has 0 aliphatic carbocycles. The van der Waals surface area contributed by atoms with E-state index in [-0.39, 0.29) is 0 Å². The van der Waals surface area contributed by atoms with Crippen molar-refractivity contribution in [3.63, 3.8) is 0 Å². The van der Waals surface area contributed by atoms with E-state index in [0.717, 1.165) is 18.0 Å². The van der Waals surface area contributed by atoms with Crippen molar-refractivity contribution in [1.82, 2.24) is 10.3 Å². The van der Waals surface area contributed by atoms with Crippen molar-refractivity contribution in [2.75, 3.05) is 13.6 Å². The van der Waals surface area contributed by atoms with E-state index in [4.69, 9.17) is 0 Å². The van der Waals surface area contributed by atoms with Gasteiger partial charge in [0.2, 0.25) is 0 Å². The maximum atomic E-state index is 4.49. The number of thiazole rings is 1. The third-order valence-corrected chi connectivity index (χ3v) is 3.64. The van der Waals surface area contributed by atoms with Gasteiger partial charge < -0.3 is 5.32 Å². The smallest absolute Gasteiger partial charge is 0.123 e. The fraction of sp³-hybridized carbons (Fsp3) is 0.308. The van der Waals surface area contributed by atoms with Gasteiger partial charge in [-0.05, 0) is 32.5 Å². The maximum Gasteiger partial charge on any atom is 0.123 e. The fourth-order valence-electron chi connectivity index (χ4n) is 1.61. The zero-order valence-corrected chi connectivity index (χ0v) is 10.5. The minimum Gasteiger partial charge on any atom is -0.319 e. The van der Waals surface area contributed by atoms with Crippen LogP contribution in [-0.4, -0.2) is 18.6 Å². The van der Waals surface area contributed by atoms with Crippen molar-refractivity contribution in [3.8, 4) is 10.6 Å². The Balaban J connectivity index is 2.22. The van der Waals surface area contributed by atoms with Gasteiger partial charge in [0, 0.05) is 16.6 Å². The summed E-state index contributed by atoms with van der Waals surface area (Å²) in [5, 5.41) is 4.28. The van der Waals surface area contributed by atoms with Gasteiger partial charge in [0.05, 0.1) is 0 Å². The highest BCUT2D eigenvalue weighted by molar-refractivity contribution is 7.15. The predicted molar refractivity (Wildman–Crippen MR) is 69.9 cm³/mol. The molecule has 0 saturated heterocycles. The molecule has 1 aromatic carbocycles. The van der Waals surface area contributed by atoms with Gasteiger partial charge in [-0.15, -0.1) is 11.3 Å². The number of aryl methyl sites for hydroxylation is 1. The summed E-state index contributed by atoms with van der Waals surface area (Å²) >= 11 is 1.79. The molecule has 2 rings (SSSR count). The van der Waals surface area contributed by atoms with Gasteiger partial charge in [0.15, 0.2) is 0 Å². The molecule has 0 fully saturated rings. The van der Waals surface area contributed by atoms with Gasteiger partial charge >= 0.3 is 0 Å². The summed E-state index contributed by atoms with van der Waals surface area (Å²) in [6.45, 7) is 3.14. The highest BCUT2D eigenvalue weighted by Gasteiger charge is 2.06. The molecular formula is C13H16N2S. The van der Waals surface area contributed by atoms with E-state index >= 15 is 0 Å². The van der Waals surface area contributed by atoms with Crippen LogP contribution in [0.25, 0.3) is 10.6 Å². The zero-order valence-electron chi connectivity index (χ0n) is 9.66. The summed E-state index contributed by atoms with van der Waals surface area (Å²) in [6, 6.07) is 8.39. The van der Waals surface area contributed by atoms with Crippen LogP contribution in [0.3, 0.4) is 0 Å². The van der Waals surface area contributed by atoms with E-state index in [0.29, 0.717) is 0 Å². The Kier molecular flexibility index (Phi) is 3.70. The largest absolute Gasteiger partial charge is 0.319 e. The molecule has 1 N–H and O–H groups in total. The lowest BCUT2D eigenvalue weighted by Crippen LogP contribution is -2.09. The van der Waals surface area contributed by atoms with Crippen LogP contribution in [0.2, 0.25) is 0 Å². The third kappa shape index (κ3) is 2.49. The second-order valence-electron chi connectivity index (χ2n) is 3.80. The van der Waals surface area contributed by atoms with Crippen molar-refractivity contribution in [2.45, 2.75) is 13.3 Å². The number of likely N-dealkylation sites (N-methyl/N-ethyl adjacent to an activating group) is 1. The Hall–Kier alpha value is -1.19. The van der Waals surface area contributed by atoms with Crippen molar-refractivity contribution < 1.29 is 0 Å². The van der Waals surface area contributed by atoms with Crippen LogP contribution in [0.1, 0.15) is 10.4 Å². The number of benzene rings is 1. The number of nitrogens with one attached hydrogen (secondary N) is 1. The first-order valence-electron chi connectivity index (χ1n) is 5.46. The van der Waals surface area contributed by atoms with Crippen molar-refractivity contribution >= 4 is 11.3 Å². The van der Waals surface area contributed by atoms with Crippen LogP contribution in [0, 0.1) is 6.92 Å². The van der Waals surface area contributed by atoms with E-state index in [2.05, 4.69) is 41.5 Å². The monoisotopic (exact) mass is 232 g/mol. The van der Waals surface area contributed by atoms with Gasteiger partial charge in [-0.2, -0.15) is 0 Å². The lowest BCUT2D eigenvalue weighted by atomic mass is 10.1. The first kappa shape index (κ1) is 11.3. The molecule has 0 aliphatic rings. The second-order valence-corrected chi connectivity index (χ2v) is 4.92. The van der Waals surface area contributed by atoms with Crippen LogP contribution in [0.15, 0.2) is 30.5 Å². The third-order valence-electron chi connectivity index (χ3n) is 2.55. The summed E-state index contributed by atoms with van der Waals surface area (Å²) in [4.78, 5) is 5.83. The molecule has 16 heavy (non-hydrogen) atoms. The molecule has 0 saturated carbocycles. The molecule has 0 spiro atoms. The number of hydrogen-bond acceptors (Lipinski definition) is 3. The minimum atomic E-state index is 1.01. The van der Waals surface area contributed by atoms with E-state index in [1.165, 1.54) is 16.0 Å². The minimum absolute atomic E-state index is 1.01. The van der Waals surface area contributed by atoms with Crippen LogP contribution in [-0.2, 0) is 6.42 Å². The van der Waals surface area contributed by atoms with E-state index in [1.54, 1.807) is 11.3 Å². The molecule has 1 heterocycles. The molecule has 84 valence electrons. The van der Waals surface area contributed by atoms with Gasteiger partial charge in [-0.25, -0.2) is 4.98 Å². The Morgan fingerprint density at radius 2 is 2.12 bits per heavy atom. The normalized spacial score (nSPS) is 10.6. The first-order valence-corrected chi connectivity index (χ1v) is 6.28. The molecule has 1 aromatic heterocycles. The summed E-state index contributed by atoms with van der Waals surface area (Å²) in [6.07, 6.45) is 3.05. The second kappa shape index (κ2) is 5.23. The van der Waals surface area contributed by atoms with Crippen LogP contribution >= 0.6 is 11.3 Å². The lowest BCUT2D eigenvalue weighted by molar-refractivity contribution is 0.798. The lowest BCUT2D eigenvalue weighted by Gasteiger charge is -2.00. The molecule has 2 nitrogen and oxygen atoms in total. The Morgan fingerprint density at radius 3 is 2.88 bits per heavy atom. The average molecular weight is 232 g/mol. The Labute approximate surface area is 100 Å². The molecule has 0 bridgehead atoms. The summed E-state index contributed by atoms with van der Waals surface area (Å²) in [7, 11) is 1.98. The molecule has 2 aromatic rings. The van der Waals surface area contributed by atoms with Crippen LogP contribution in [0.4, 0.5) is 0 Å². The topological polar surface area (TPSA) is 24.9 Å². The van der Waals surface area contributed by atoms with Crippen LogP contribution in [0.5, 0.6) is 0 Å². The Morgan fingerprint density at radius 1 is 1.31 bits per heavy atom. The zero-order chi connectivity index (χ0) is 11.4. The van der Waals surface area contributed by atoms with Gasteiger partial charge in [0.1, 0.15) is 5.01 Å². The fourth-order valence-corrected chi connectivity index (χ4v) is 2.61.